The van der Waals surface area contributed by atoms with Gasteiger partial charge in [-0.1, -0.05) is 33.6 Å². The van der Waals surface area contributed by atoms with Gasteiger partial charge in [-0.3, -0.25) is 14.4 Å². The Bertz CT molecular complexity index is 1180. The summed E-state index contributed by atoms with van der Waals surface area (Å²) in [5.41, 5.74) is 2.53. The molecular weight excluding hydrogens is 724 g/mol. The zero-order valence-electron chi connectivity index (χ0n) is 36.0. The van der Waals surface area contributed by atoms with Crippen molar-refractivity contribution < 1.29 is 60.5 Å². The number of carbonyl (C=O) groups excluding carboxylic acids is 5. The molecule has 0 saturated heterocycles. The van der Waals surface area contributed by atoms with Gasteiger partial charge in [-0.15, -0.1) is 0 Å². The molecule has 322 valence electrons. The summed E-state index contributed by atoms with van der Waals surface area (Å²) in [6, 6.07) is 0. The number of ether oxygens (including phenoxy) is 2. The number of amides is 3. The van der Waals surface area contributed by atoms with Crippen molar-refractivity contribution in [2.75, 3.05) is 95.5 Å². The number of hydrogen-bond acceptors (Lipinski definition) is 12. The van der Waals surface area contributed by atoms with Gasteiger partial charge < -0.3 is 54.6 Å². The van der Waals surface area contributed by atoms with E-state index in [0.29, 0.717) is 13.0 Å². The van der Waals surface area contributed by atoms with Gasteiger partial charge in [0.25, 0.3) is 0 Å². The van der Waals surface area contributed by atoms with Crippen molar-refractivity contribution >= 4 is 40.0 Å². The molecule has 0 rings (SSSR count). The van der Waals surface area contributed by atoms with E-state index in [-0.39, 0.29) is 19.4 Å². The SMILES string of the molecule is CCC(CC(C)C(=O)NC(C)(C)CS(=O)(=O)[O-])C(N)=O.CCC(COC(C)=O)(COC(=O)NCCCCCCNC)C(=O)[O-].C[N+](C)(C)C.C[N+](C)(C)C. The minimum Gasteiger partial charge on any atom is -0.748 e. The van der Waals surface area contributed by atoms with Crippen molar-refractivity contribution in [1.29, 1.82) is 0 Å². The van der Waals surface area contributed by atoms with Crippen LogP contribution in [0.15, 0.2) is 0 Å². The van der Waals surface area contributed by atoms with Crippen molar-refractivity contribution in [3.8, 4) is 0 Å². The van der Waals surface area contributed by atoms with Crippen LogP contribution in [0.25, 0.3) is 0 Å². The molecule has 0 aromatic heterocycles. The van der Waals surface area contributed by atoms with E-state index < -0.39 is 75.1 Å². The van der Waals surface area contributed by atoms with Crippen LogP contribution in [0.5, 0.6) is 0 Å². The van der Waals surface area contributed by atoms with Crippen LogP contribution in [0.4, 0.5) is 4.79 Å². The van der Waals surface area contributed by atoms with Crippen LogP contribution in [-0.2, 0) is 38.8 Å². The molecule has 3 atom stereocenters. The smallest absolute Gasteiger partial charge is 0.407 e. The molecule has 0 aromatic carbocycles. The number of aliphatic carboxylic acids is 1. The van der Waals surface area contributed by atoms with Crippen LogP contribution < -0.4 is 26.8 Å². The first-order chi connectivity index (χ1) is 24.3. The lowest BCUT2D eigenvalue weighted by Gasteiger charge is -2.32. The van der Waals surface area contributed by atoms with Gasteiger partial charge in [0.2, 0.25) is 11.8 Å². The molecule has 54 heavy (non-hydrogen) atoms. The molecule has 0 spiro atoms. The van der Waals surface area contributed by atoms with Crippen LogP contribution >= 0.6 is 0 Å². The summed E-state index contributed by atoms with van der Waals surface area (Å²) in [5, 5.41) is 19.5. The highest BCUT2D eigenvalue weighted by Crippen LogP contribution is 2.23. The quantitative estimate of drug-likeness (QED) is 0.0546. The molecule has 0 saturated carbocycles. The Morgan fingerprint density at radius 2 is 1.28 bits per heavy atom. The number of carbonyl (C=O) groups is 5. The Hall–Kier alpha value is -3.06. The molecular formula is C36H76N6O11S. The van der Waals surface area contributed by atoms with E-state index in [9.17, 15) is 42.0 Å². The van der Waals surface area contributed by atoms with Gasteiger partial charge in [-0.2, -0.15) is 0 Å². The summed E-state index contributed by atoms with van der Waals surface area (Å²) in [6.07, 6.45) is 4.22. The van der Waals surface area contributed by atoms with Crippen molar-refractivity contribution in [2.45, 2.75) is 92.0 Å². The van der Waals surface area contributed by atoms with E-state index in [1.54, 1.807) is 20.8 Å². The lowest BCUT2D eigenvalue weighted by atomic mass is 9.87. The Labute approximate surface area is 326 Å². The number of esters is 1. The highest BCUT2D eigenvalue weighted by atomic mass is 32.2. The van der Waals surface area contributed by atoms with E-state index in [4.69, 9.17) is 15.2 Å². The maximum absolute atomic E-state index is 12.0. The molecule has 0 radical (unpaired) electrons. The zero-order chi connectivity index (χ0) is 43.6. The fourth-order valence-electron chi connectivity index (χ4n) is 3.93. The van der Waals surface area contributed by atoms with Crippen LogP contribution in [0, 0.1) is 17.3 Å². The number of primary amides is 1. The molecule has 0 fully saturated rings. The zero-order valence-corrected chi connectivity index (χ0v) is 36.8. The van der Waals surface area contributed by atoms with Crippen molar-refractivity contribution in [3.05, 3.63) is 0 Å². The number of carboxylic acids is 1. The molecule has 0 aliphatic carbocycles. The Kier molecular flexibility index (Phi) is 30.3. The number of alkyl carbamates (subject to hydrolysis) is 1. The number of nitrogens with two attached hydrogens (primary N) is 1. The average molecular weight is 801 g/mol. The molecule has 0 bridgehead atoms. The van der Waals surface area contributed by atoms with Gasteiger partial charge in [0.1, 0.15) is 13.2 Å². The van der Waals surface area contributed by atoms with Crippen molar-refractivity contribution in [1.82, 2.24) is 16.0 Å². The highest BCUT2D eigenvalue weighted by molar-refractivity contribution is 7.85. The summed E-state index contributed by atoms with van der Waals surface area (Å²) in [5.74, 6) is -4.47. The molecule has 0 aliphatic rings. The summed E-state index contributed by atoms with van der Waals surface area (Å²) >= 11 is 0. The van der Waals surface area contributed by atoms with Gasteiger partial charge in [0.05, 0.1) is 83.6 Å². The van der Waals surface area contributed by atoms with Gasteiger partial charge in [0, 0.05) is 30.8 Å². The fraction of sp³-hybridized carbons (Fsp3) is 0.861. The summed E-state index contributed by atoms with van der Waals surface area (Å²) < 4.78 is 44.0. The van der Waals surface area contributed by atoms with Crippen LogP contribution in [-0.4, -0.2) is 153 Å². The third kappa shape index (κ3) is 41.7. The van der Waals surface area contributed by atoms with Gasteiger partial charge in [0.15, 0.2) is 0 Å². The Balaban J connectivity index is -0.000000372. The number of rotatable bonds is 21. The molecule has 5 N–H and O–H groups in total. The Morgan fingerprint density at radius 1 is 0.833 bits per heavy atom. The minimum atomic E-state index is -4.43. The highest BCUT2D eigenvalue weighted by Gasteiger charge is 2.34. The number of nitrogens with zero attached hydrogens (tertiary/aromatic N) is 2. The summed E-state index contributed by atoms with van der Waals surface area (Å²) in [4.78, 5) is 56.9. The van der Waals surface area contributed by atoms with E-state index >= 15 is 0 Å². The van der Waals surface area contributed by atoms with Crippen molar-refractivity contribution in [2.24, 2.45) is 23.0 Å². The predicted octanol–water partition coefficient (Wildman–Crippen LogP) is 0.811. The second-order valence-corrected chi connectivity index (χ2v) is 18.2. The molecule has 0 aliphatic heterocycles. The van der Waals surface area contributed by atoms with E-state index in [0.717, 1.165) is 41.2 Å². The first-order valence-corrected chi connectivity index (χ1v) is 19.9. The number of carboxylic acid groups (broad SMARTS) is 1. The molecule has 18 heteroatoms. The summed E-state index contributed by atoms with van der Waals surface area (Å²) in [6.45, 7) is 9.76. The first kappa shape index (κ1) is 57.7. The van der Waals surface area contributed by atoms with Crippen LogP contribution in [0.2, 0.25) is 0 Å². The normalized spacial score (nSPS) is 13.7. The number of nitrogens with one attached hydrogen (secondary N) is 3. The molecule has 0 aromatic rings. The largest absolute Gasteiger partial charge is 0.748 e. The first-order valence-electron chi connectivity index (χ1n) is 18.3. The van der Waals surface area contributed by atoms with Crippen molar-refractivity contribution in [3.63, 3.8) is 0 Å². The molecule has 3 unspecified atom stereocenters. The van der Waals surface area contributed by atoms with Gasteiger partial charge in [-0.25, -0.2) is 13.2 Å². The van der Waals surface area contributed by atoms with Gasteiger partial charge in [-0.05, 0) is 59.5 Å². The fourth-order valence-corrected chi connectivity index (χ4v) is 4.88. The maximum Gasteiger partial charge on any atom is 0.407 e. The van der Waals surface area contributed by atoms with E-state index in [1.807, 2.05) is 7.05 Å². The second kappa shape index (κ2) is 28.4. The Morgan fingerprint density at radius 3 is 1.63 bits per heavy atom. The third-order valence-electron chi connectivity index (χ3n) is 6.74. The van der Waals surface area contributed by atoms with Crippen LogP contribution in [0.3, 0.4) is 0 Å². The number of quaternary nitrogens is 2. The average Bonchev–Trinajstić information content (AvgIpc) is 2.96. The lowest BCUT2D eigenvalue weighted by molar-refractivity contribution is -0.849. The molecule has 3 amide bonds. The second-order valence-electron chi connectivity index (χ2n) is 16.8. The third-order valence-corrected chi connectivity index (χ3v) is 7.82. The van der Waals surface area contributed by atoms with E-state index in [1.165, 1.54) is 20.8 Å². The standard InChI is InChI=1S/C16H30N2O6.C12H24N2O5S.2C4H12N/c1-4-16(14(20)21,11-23-13(2)19)12-24-15(22)18-10-8-6-5-7-9-17-3;1-5-9(10(13)15)6-8(2)11(16)14-12(3,4)7-20(17,18)19;2*1-5(2,3)4/h17H,4-12H2,1-3H3,(H,18,22)(H,20,21);8-9H,5-7H2,1-4H3,(H2,13,15)(H,14,16)(H,17,18,19);2*1-4H3/q;;2*+1/p-2. The summed E-state index contributed by atoms with van der Waals surface area (Å²) in [7, 11) is 14.5. The van der Waals surface area contributed by atoms with Gasteiger partial charge >= 0.3 is 12.1 Å². The molecule has 0 heterocycles. The monoisotopic (exact) mass is 801 g/mol. The van der Waals surface area contributed by atoms with Crippen LogP contribution in [0.1, 0.15) is 86.5 Å². The topological polar surface area (TPSA) is 246 Å². The molecule has 17 nitrogen and oxygen atoms in total. The number of unbranched alkanes of at least 4 members (excludes halogenated alkanes) is 3. The van der Waals surface area contributed by atoms with E-state index in [2.05, 4.69) is 72.3 Å². The predicted molar refractivity (Wildman–Crippen MR) is 208 cm³/mol. The minimum absolute atomic E-state index is 0.112. The number of hydrogen-bond donors (Lipinski definition) is 4. The maximum atomic E-state index is 12.0. The lowest BCUT2D eigenvalue weighted by Crippen LogP contribution is -2.50.